The largest absolute Gasteiger partial charge is 0.395 e. The van der Waals surface area contributed by atoms with Crippen molar-refractivity contribution in [2.75, 3.05) is 24.4 Å². The fourth-order valence-electron chi connectivity index (χ4n) is 2.81. The minimum atomic E-state index is -2.67. The lowest BCUT2D eigenvalue weighted by Gasteiger charge is -2.02. The molecule has 3 rings (SSSR count). The molecule has 1 amide bonds. The molecule has 25 heavy (non-hydrogen) atoms. The molecule has 0 spiro atoms. The number of carbonyl (C=O) groups excluding carboxylic acids is 1. The number of nitrogens with one attached hydrogen (secondary N) is 1. The number of carbonyl (C=O) groups is 1. The van der Waals surface area contributed by atoms with Crippen molar-refractivity contribution < 1.29 is 14.1 Å². The van der Waals surface area contributed by atoms with Gasteiger partial charge in [-0.1, -0.05) is 0 Å². The Balaban J connectivity index is 1.67. The first kappa shape index (κ1) is 18.6. The van der Waals surface area contributed by atoms with Crippen LogP contribution in [0.4, 0.5) is 0 Å². The third-order valence-electron chi connectivity index (χ3n) is 3.85. The van der Waals surface area contributed by atoms with Crippen LogP contribution in [0.5, 0.6) is 0 Å². The van der Waals surface area contributed by atoms with Crippen molar-refractivity contribution in [2.45, 2.75) is 25.0 Å². The van der Waals surface area contributed by atoms with E-state index in [1.54, 1.807) is 11.3 Å². The first-order valence-corrected chi connectivity index (χ1v) is 11.9. The lowest BCUT2D eigenvalue weighted by Crippen LogP contribution is -2.12. The van der Waals surface area contributed by atoms with E-state index in [4.69, 9.17) is 5.11 Å². The van der Waals surface area contributed by atoms with E-state index in [9.17, 15) is 13.8 Å². The molecule has 0 fully saturated rings. The quantitative estimate of drug-likeness (QED) is 0.755. The topological polar surface area (TPSA) is 112 Å². The highest BCUT2D eigenvalue weighted by molar-refractivity contribution is 7.99. The van der Waals surface area contributed by atoms with Gasteiger partial charge in [0, 0.05) is 11.1 Å². The molecule has 2 aromatic rings. The van der Waals surface area contributed by atoms with E-state index in [2.05, 4.69) is 14.3 Å². The van der Waals surface area contributed by atoms with Crippen LogP contribution in [-0.2, 0) is 33.1 Å². The van der Waals surface area contributed by atoms with Crippen LogP contribution < -0.4 is 5.56 Å². The Labute approximate surface area is 153 Å². The Morgan fingerprint density at radius 1 is 1.48 bits per heavy atom. The van der Waals surface area contributed by atoms with Gasteiger partial charge in [0.1, 0.15) is 10.7 Å². The highest BCUT2D eigenvalue weighted by Crippen LogP contribution is 2.34. The van der Waals surface area contributed by atoms with Crippen molar-refractivity contribution in [1.82, 2.24) is 9.97 Å². The molecule has 136 valence electrons. The second kappa shape index (κ2) is 7.56. The maximum absolute atomic E-state index is 12.3. The van der Waals surface area contributed by atoms with Gasteiger partial charge in [0.05, 0.1) is 39.0 Å². The number of nitrogens with zero attached hydrogens (tertiary/aromatic N) is 2. The molecule has 1 aliphatic carbocycles. The molecule has 7 nitrogen and oxygen atoms in total. The molecule has 0 radical (unpaired) electrons. The molecule has 1 unspecified atom stereocenters. The lowest BCUT2D eigenvalue weighted by molar-refractivity contribution is -0.115. The maximum atomic E-state index is 12.3. The predicted molar refractivity (Wildman–Crippen MR) is 102 cm³/mol. The normalized spacial score (nSPS) is 15.9. The second-order valence-electron chi connectivity index (χ2n) is 5.92. The number of amides is 1. The minimum absolute atomic E-state index is 0.0159. The number of fused-ring (bicyclic) bond motifs is 3. The number of aryl methyl sites for hydroxylation is 2. The summed E-state index contributed by atoms with van der Waals surface area (Å²) in [5, 5.41) is 9.51. The molecule has 0 saturated carbocycles. The molecule has 1 atom stereocenters. The zero-order valence-electron chi connectivity index (χ0n) is 13.7. The third-order valence-corrected chi connectivity index (χ3v) is 7.50. The number of aromatic nitrogens is 2. The number of aliphatic hydroxyl groups excluding tert-OH is 1. The van der Waals surface area contributed by atoms with E-state index in [-0.39, 0.29) is 23.7 Å². The molecule has 0 bridgehead atoms. The average Bonchev–Trinajstić information content (AvgIpc) is 3.06. The molecule has 2 aromatic heterocycles. The van der Waals surface area contributed by atoms with Crippen LogP contribution in [0.2, 0.25) is 0 Å². The zero-order chi connectivity index (χ0) is 18.0. The van der Waals surface area contributed by atoms with E-state index in [1.165, 1.54) is 22.9 Å². The van der Waals surface area contributed by atoms with Crippen molar-refractivity contribution in [3.63, 3.8) is 0 Å². The van der Waals surface area contributed by atoms with Gasteiger partial charge in [0.2, 0.25) is 0 Å². The minimum Gasteiger partial charge on any atom is -0.395 e. The van der Waals surface area contributed by atoms with Gasteiger partial charge in [-0.2, -0.15) is 4.36 Å². The molecule has 0 aliphatic heterocycles. The molecular formula is C15H19N3O4S3. The van der Waals surface area contributed by atoms with Gasteiger partial charge < -0.3 is 10.1 Å². The van der Waals surface area contributed by atoms with Crippen molar-refractivity contribution >= 4 is 49.0 Å². The summed E-state index contributed by atoms with van der Waals surface area (Å²) < 4.78 is 15.5. The summed E-state index contributed by atoms with van der Waals surface area (Å²) in [6.45, 7) is -0.269. The Kier molecular flexibility index (Phi) is 5.62. The highest BCUT2D eigenvalue weighted by atomic mass is 32.2. The number of rotatable bonds is 6. The number of H-pyrrole nitrogens is 1. The van der Waals surface area contributed by atoms with Crippen molar-refractivity contribution in [3.05, 3.63) is 26.6 Å². The number of thiophene rings is 1. The average molecular weight is 402 g/mol. The van der Waals surface area contributed by atoms with Crippen LogP contribution in [-0.4, -0.2) is 49.6 Å². The molecule has 2 heterocycles. The first-order valence-electron chi connectivity index (χ1n) is 7.84. The van der Waals surface area contributed by atoms with E-state index < -0.39 is 15.6 Å². The number of hydrogen-bond acceptors (Lipinski definition) is 7. The van der Waals surface area contributed by atoms with Crippen LogP contribution in [0.15, 0.2) is 9.16 Å². The first-order chi connectivity index (χ1) is 11.9. The van der Waals surface area contributed by atoms with E-state index in [0.717, 1.165) is 29.7 Å². The fraction of sp³-hybridized carbons (Fsp3) is 0.533. The van der Waals surface area contributed by atoms with Crippen LogP contribution in [0, 0.1) is 0 Å². The molecule has 2 N–H and O–H groups in total. The van der Waals surface area contributed by atoms with Crippen molar-refractivity contribution in [1.29, 1.82) is 0 Å². The van der Waals surface area contributed by atoms with Gasteiger partial charge in [-0.15, -0.1) is 23.1 Å². The van der Waals surface area contributed by atoms with Gasteiger partial charge >= 0.3 is 0 Å². The maximum Gasteiger partial charge on any atom is 0.263 e. The summed E-state index contributed by atoms with van der Waals surface area (Å²) in [6.07, 6.45) is 4.40. The van der Waals surface area contributed by atoms with Gasteiger partial charge in [-0.25, -0.2) is 9.19 Å². The van der Waals surface area contributed by atoms with E-state index >= 15 is 0 Å². The summed E-state index contributed by atoms with van der Waals surface area (Å²) in [5.74, 6) is 0.462. The molecular weight excluding hydrogens is 382 g/mol. The van der Waals surface area contributed by atoms with Gasteiger partial charge in [-0.05, 0) is 24.8 Å². The van der Waals surface area contributed by atoms with Crippen molar-refractivity contribution in [2.24, 2.45) is 4.36 Å². The fourth-order valence-corrected chi connectivity index (χ4v) is 5.77. The van der Waals surface area contributed by atoms with E-state index in [0.29, 0.717) is 17.0 Å². The molecule has 0 aromatic carbocycles. The van der Waals surface area contributed by atoms with Gasteiger partial charge in [0.25, 0.3) is 11.5 Å². The Bertz CT molecular complexity index is 986. The van der Waals surface area contributed by atoms with Crippen LogP contribution in [0.1, 0.15) is 22.7 Å². The summed E-state index contributed by atoms with van der Waals surface area (Å²) in [7, 11) is -2.67. The molecule has 10 heteroatoms. The van der Waals surface area contributed by atoms with Crippen LogP contribution >= 0.6 is 23.1 Å². The van der Waals surface area contributed by atoms with Crippen molar-refractivity contribution in [3.8, 4) is 0 Å². The van der Waals surface area contributed by atoms with Gasteiger partial charge in [0.15, 0.2) is 0 Å². The smallest absolute Gasteiger partial charge is 0.263 e. The Hall–Kier alpha value is -1.23. The summed E-state index contributed by atoms with van der Waals surface area (Å²) >= 11 is 2.84. The molecule has 1 aliphatic rings. The zero-order valence-corrected chi connectivity index (χ0v) is 16.2. The second-order valence-corrected chi connectivity index (χ2v) is 10.5. The third kappa shape index (κ3) is 4.30. The van der Waals surface area contributed by atoms with Gasteiger partial charge in [-0.3, -0.25) is 9.59 Å². The molecule has 0 saturated heterocycles. The Morgan fingerprint density at radius 2 is 2.28 bits per heavy atom. The number of aromatic amines is 1. The lowest BCUT2D eigenvalue weighted by atomic mass is 10.2. The summed E-state index contributed by atoms with van der Waals surface area (Å²) in [4.78, 5) is 33.4. The van der Waals surface area contributed by atoms with Crippen LogP contribution in [0.25, 0.3) is 10.2 Å². The number of hydrogen-bond donors (Lipinski definition) is 2. The SMILES string of the molecule is CS(=O)(CCO)=NC(=O)CSCc1nc2sc3c(c2c(=O)[nH]1)CCC3. The predicted octanol–water partition coefficient (Wildman–Crippen LogP) is 1.32. The monoisotopic (exact) mass is 401 g/mol. The number of aliphatic hydroxyl groups is 1. The number of thioether (sulfide) groups is 1. The van der Waals surface area contributed by atoms with Crippen LogP contribution in [0.3, 0.4) is 0 Å². The standard InChI is InChI=1S/C15H19N3O4S3/c1-25(22,6-5-19)18-12(20)8-23-7-11-16-14(21)13-9-3-2-4-10(9)24-15(13)17-11/h19H,2-8H2,1H3,(H,16,17,21). The summed E-state index contributed by atoms with van der Waals surface area (Å²) in [6, 6.07) is 0. The Morgan fingerprint density at radius 3 is 3.04 bits per heavy atom. The highest BCUT2D eigenvalue weighted by Gasteiger charge is 2.21. The summed E-state index contributed by atoms with van der Waals surface area (Å²) in [5.41, 5.74) is 1.03. The van der Waals surface area contributed by atoms with E-state index in [1.807, 2.05) is 0 Å².